The number of carboxylic acid groups (broad SMARTS) is 1. The Morgan fingerprint density at radius 1 is 0.839 bits per heavy atom. The molecule has 8 rings (SSSR count). The van der Waals surface area contributed by atoms with Crippen molar-refractivity contribution in [3.8, 4) is 17.6 Å². The number of nitrogens with zero attached hydrogens (tertiary/aromatic N) is 2. The van der Waals surface area contributed by atoms with Gasteiger partial charge in [0.25, 0.3) is 0 Å². The molecule has 4 N–H and O–H groups in total. The number of phenols is 1. The Morgan fingerprint density at radius 3 is 2.06 bits per heavy atom. The number of carbonyl (C=O) groups excluding carboxylic acids is 4. The van der Waals surface area contributed by atoms with E-state index >= 15 is 4.79 Å². The van der Waals surface area contributed by atoms with E-state index in [2.05, 4.69) is 17.2 Å². The smallest absolute Gasteiger partial charge is 0.329 e. The van der Waals surface area contributed by atoms with Gasteiger partial charge in [0.15, 0.2) is 0 Å². The molecule has 0 radical (unpaired) electrons. The third-order valence-corrected chi connectivity index (χ3v) is 12.9. The van der Waals surface area contributed by atoms with Crippen molar-refractivity contribution in [3.05, 3.63) is 131 Å². The highest BCUT2D eigenvalue weighted by Gasteiger charge is 2.76. The highest BCUT2D eigenvalue weighted by Crippen LogP contribution is 2.66. The van der Waals surface area contributed by atoms with Crippen LogP contribution in [0.4, 0.5) is 10.5 Å². The molecule has 4 aromatic rings. The number of hydrogen-bond donors (Lipinski definition) is 4. The average molecular weight is 840 g/mol. The number of morpholine rings is 1. The van der Waals surface area contributed by atoms with Gasteiger partial charge >= 0.3 is 23.9 Å². The average Bonchev–Trinajstić information content (AvgIpc) is 3.61. The summed E-state index contributed by atoms with van der Waals surface area (Å²) < 4.78 is 11.3. The number of carbonyl (C=O) groups is 5. The number of benzene rings is 4. The van der Waals surface area contributed by atoms with Crippen LogP contribution < -0.4 is 10.2 Å². The van der Waals surface area contributed by atoms with E-state index < -0.39 is 83.0 Å². The van der Waals surface area contributed by atoms with E-state index in [9.17, 15) is 34.5 Å². The zero-order valence-electron chi connectivity index (χ0n) is 34.7. The first kappa shape index (κ1) is 42.2. The monoisotopic (exact) mass is 839 g/mol. The number of nitrogens with one attached hydrogen (secondary N) is 1. The van der Waals surface area contributed by atoms with E-state index in [0.29, 0.717) is 35.1 Å². The molecule has 3 fully saturated rings. The van der Waals surface area contributed by atoms with Crippen LogP contribution in [0.2, 0.25) is 0 Å². The number of aliphatic carboxylic acids is 1. The number of rotatable bonds is 7. The van der Waals surface area contributed by atoms with Crippen LogP contribution in [-0.4, -0.2) is 74.9 Å². The first-order valence-corrected chi connectivity index (χ1v) is 21.0. The highest BCUT2D eigenvalue weighted by atomic mass is 16.6. The number of urea groups is 1. The topological polar surface area (TPSA) is 183 Å². The van der Waals surface area contributed by atoms with Crippen LogP contribution in [0.5, 0.6) is 5.75 Å². The summed E-state index contributed by atoms with van der Waals surface area (Å²) in [5, 5.41) is 36.3. The normalized spacial score (nSPS) is 25.8. The summed E-state index contributed by atoms with van der Waals surface area (Å²) in [7, 11) is 1.18. The molecule has 0 bridgehead atoms. The molecule has 0 aromatic heterocycles. The van der Waals surface area contributed by atoms with Gasteiger partial charge in [-0.25, -0.2) is 14.5 Å². The predicted octanol–water partition coefficient (Wildman–Crippen LogP) is 6.49. The van der Waals surface area contributed by atoms with Crippen molar-refractivity contribution in [2.24, 2.45) is 11.8 Å². The molecule has 3 heterocycles. The fourth-order valence-corrected chi connectivity index (χ4v) is 10.1. The first-order valence-electron chi connectivity index (χ1n) is 21.0. The molecule has 4 aliphatic rings. The first-order chi connectivity index (χ1) is 29.8. The van der Waals surface area contributed by atoms with Crippen molar-refractivity contribution in [2.45, 2.75) is 93.7 Å². The minimum atomic E-state index is -2.24. The highest BCUT2D eigenvalue weighted by molar-refractivity contribution is 6.24. The van der Waals surface area contributed by atoms with E-state index in [1.807, 2.05) is 48.5 Å². The van der Waals surface area contributed by atoms with E-state index in [1.165, 1.54) is 25.3 Å². The molecule has 13 heteroatoms. The maximum Gasteiger partial charge on any atom is 0.329 e. The minimum Gasteiger partial charge on any atom is -0.508 e. The van der Waals surface area contributed by atoms with Crippen LogP contribution in [0, 0.1) is 23.7 Å². The molecule has 1 saturated carbocycles. The Balaban J connectivity index is 1.42. The second kappa shape index (κ2) is 16.8. The van der Waals surface area contributed by atoms with E-state index in [1.54, 1.807) is 55.1 Å². The molecule has 4 aromatic carbocycles. The number of anilines is 1. The quantitative estimate of drug-likeness (QED) is 0.0908. The molecule has 1 spiro atoms. The van der Waals surface area contributed by atoms with Crippen LogP contribution in [0.15, 0.2) is 103 Å². The summed E-state index contributed by atoms with van der Waals surface area (Å²) in [4.78, 5) is 75.3. The number of ether oxygens (including phenoxy) is 2. The van der Waals surface area contributed by atoms with Crippen molar-refractivity contribution in [2.75, 3.05) is 12.0 Å². The molecule has 3 aliphatic heterocycles. The number of cyclic esters (lactones) is 1. The molecule has 7 atom stereocenters. The predicted molar refractivity (Wildman–Crippen MR) is 226 cm³/mol. The number of esters is 2. The van der Waals surface area contributed by atoms with Gasteiger partial charge in [0.05, 0.1) is 24.9 Å². The van der Waals surface area contributed by atoms with Gasteiger partial charge in [-0.3, -0.25) is 19.3 Å². The number of hydrogen-bond acceptors (Lipinski definition) is 10. The van der Waals surface area contributed by atoms with Crippen LogP contribution in [0.3, 0.4) is 0 Å². The lowest BCUT2D eigenvalue weighted by molar-refractivity contribution is -0.179. The number of imide groups is 1. The molecule has 13 nitrogen and oxygen atoms in total. The van der Waals surface area contributed by atoms with Crippen molar-refractivity contribution < 1.29 is 48.8 Å². The number of aromatic hydroxyl groups is 1. The number of methoxy groups -OCH3 is 1. The lowest BCUT2D eigenvalue weighted by Gasteiger charge is -2.46. The Kier molecular flexibility index (Phi) is 11.4. The van der Waals surface area contributed by atoms with Gasteiger partial charge in [-0.1, -0.05) is 111 Å². The van der Waals surface area contributed by atoms with E-state index in [0.717, 1.165) is 30.6 Å². The lowest BCUT2D eigenvalue weighted by atomic mass is 9.65. The summed E-state index contributed by atoms with van der Waals surface area (Å²) in [5.41, 5.74) is -1.37. The molecule has 0 unspecified atom stereocenters. The van der Waals surface area contributed by atoms with Gasteiger partial charge in [-0.2, -0.15) is 0 Å². The Morgan fingerprint density at radius 2 is 1.47 bits per heavy atom. The summed E-state index contributed by atoms with van der Waals surface area (Å²) in [6.07, 6.45) is 3.53. The molecular formula is C49H49N3O10. The van der Waals surface area contributed by atoms with Gasteiger partial charge in [-0.15, -0.1) is 0 Å². The molecule has 320 valence electrons. The zero-order chi connectivity index (χ0) is 43.9. The minimum absolute atomic E-state index is 0.0257. The van der Waals surface area contributed by atoms with Crippen molar-refractivity contribution >= 4 is 35.5 Å². The molecule has 1 aliphatic carbocycles. The SMILES string of the molecule is COC(=O)[C@@H](NC(=O)N1C(=O)[C@@]2(c3cc(C#CC4(O)CCCCCC4)ccc31)[C@H](C(=O)O)[C@H]1C(=O)O[C@H](c3ccccc3)[C@H](c3ccccc3)N1[C@@H]2c1ccc(O)cc1)C(C)C. The van der Waals surface area contributed by atoms with Gasteiger partial charge in [0.1, 0.15) is 40.9 Å². The second-order valence-corrected chi connectivity index (χ2v) is 17.0. The van der Waals surface area contributed by atoms with Crippen LogP contribution in [-0.2, 0) is 34.1 Å². The van der Waals surface area contributed by atoms with Crippen molar-refractivity contribution in [1.82, 2.24) is 10.2 Å². The van der Waals surface area contributed by atoms with Crippen molar-refractivity contribution in [3.63, 3.8) is 0 Å². The molecular weight excluding hydrogens is 791 g/mol. The molecule has 3 amide bonds. The largest absolute Gasteiger partial charge is 0.508 e. The summed E-state index contributed by atoms with van der Waals surface area (Å²) in [6.45, 7) is 3.40. The number of carboxylic acids is 1. The van der Waals surface area contributed by atoms with Gasteiger partial charge in [0.2, 0.25) is 5.91 Å². The van der Waals surface area contributed by atoms with Gasteiger partial charge < -0.3 is 30.1 Å². The molecule has 62 heavy (non-hydrogen) atoms. The maximum atomic E-state index is 16.0. The summed E-state index contributed by atoms with van der Waals surface area (Å²) >= 11 is 0. The Hall–Kier alpha value is -6.49. The fraction of sp³-hybridized carbons (Fsp3) is 0.367. The van der Waals surface area contributed by atoms with Gasteiger partial charge in [0, 0.05) is 5.56 Å². The van der Waals surface area contributed by atoms with Crippen LogP contribution in [0.1, 0.15) is 98.4 Å². The summed E-state index contributed by atoms with van der Waals surface area (Å²) in [6, 6.07) is 23.0. The second-order valence-electron chi connectivity index (χ2n) is 17.0. The third kappa shape index (κ3) is 7.16. The molecule has 2 saturated heterocycles. The number of phenolic OH excluding ortho intramolecular Hbond substituents is 1. The fourth-order valence-electron chi connectivity index (χ4n) is 10.1. The number of fused-ring (bicyclic) bond motifs is 3. The van der Waals surface area contributed by atoms with Gasteiger partial charge in [-0.05, 0) is 84.2 Å². The third-order valence-electron chi connectivity index (χ3n) is 12.9. The van der Waals surface area contributed by atoms with Crippen LogP contribution >= 0.6 is 0 Å². The standard InChI is InChI=1S/C49H49N3O10/c1-29(2)38(44(56)61-3)50-47(59)51-36-23-18-30(24-27-48(60)25-12-4-5-13-26-48)28-35(36)49(46(51)58)37(43(54)55)40-45(57)62-41(32-16-10-7-11-17-32)39(31-14-8-6-9-15-31)52(40)42(49)33-19-21-34(53)22-20-33/h6-11,14-23,28-29,37-42,53,60H,4-5,12-13,25-26H2,1-3H3,(H,50,59)(H,54,55)/t37-,38-,39-,40-,41+,42+,49-/m0/s1. The summed E-state index contributed by atoms with van der Waals surface area (Å²) in [5.74, 6) is -0.339. The maximum absolute atomic E-state index is 16.0. The lowest BCUT2D eigenvalue weighted by Crippen LogP contribution is -2.56. The Labute approximate surface area is 359 Å². The number of aliphatic hydroxyl groups is 1. The van der Waals surface area contributed by atoms with Crippen molar-refractivity contribution in [1.29, 1.82) is 0 Å². The Bertz CT molecular complexity index is 2440. The van der Waals surface area contributed by atoms with Crippen LogP contribution in [0.25, 0.3) is 0 Å². The number of amides is 3. The zero-order valence-corrected chi connectivity index (χ0v) is 34.7. The van der Waals surface area contributed by atoms with E-state index in [4.69, 9.17) is 9.47 Å². The van der Waals surface area contributed by atoms with E-state index in [-0.39, 0.29) is 17.0 Å².